The van der Waals surface area contributed by atoms with Gasteiger partial charge in [0.05, 0.1) is 18.5 Å². The lowest BCUT2D eigenvalue weighted by Gasteiger charge is -2.31. The standard InChI is InChI=1S/C24H21N3O3/c1-30-24(29)21(17-12-6-3-7-13-17)27-19-15-9-8-14-18(19)20(26-22(25)23(27)28)16-10-4-2-5-11-16/h2-15,21-22H,25H2,1H3. The Hall–Kier alpha value is -3.77. The van der Waals surface area contributed by atoms with Crippen LogP contribution in [0.3, 0.4) is 0 Å². The van der Waals surface area contributed by atoms with Crippen molar-refractivity contribution < 1.29 is 14.3 Å². The van der Waals surface area contributed by atoms with Crippen LogP contribution in [0.5, 0.6) is 0 Å². The van der Waals surface area contributed by atoms with Crippen LogP contribution in [0.2, 0.25) is 0 Å². The van der Waals surface area contributed by atoms with Gasteiger partial charge in [-0.25, -0.2) is 4.79 Å². The maximum Gasteiger partial charge on any atom is 0.333 e. The molecule has 6 nitrogen and oxygen atoms in total. The number of hydrogen-bond donors (Lipinski definition) is 1. The van der Waals surface area contributed by atoms with E-state index in [1.807, 2.05) is 66.7 Å². The summed E-state index contributed by atoms with van der Waals surface area (Å²) in [5.74, 6) is -1.03. The molecular weight excluding hydrogens is 378 g/mol. The van der Waals surface area contributed by atoms with Gasteiger partial charge in [-0.15, -0.1) is 0 Å². The number of nitrogens with zero attached hydrogens (tertiary/aromatic N) is 2. The first-order chi connectivity index (χ1) is 14.6. The van der Waals surface area contributed by atoms with Crippen molar-refractivity contribution in [2.45, 2.75) is 12.2 Å². The van der Waals surface area contributed by atoms with Crippen LogP contribution in [0.25, 0.3) is 0 Å². The second-order valence-corrected chi connectivity index (χ2v) is 6.85. The van der Waals surface area contributed by atoms with E-state index in [4.69, 9.17) is 10.5 Å². The molecule has 0 bridgehead atoms. The van der Waals surface area contributed by atoms with Crippen molar-refractivity contribution in [1.82, 2.24) is 0 Å². The Morgan fingerprint density at radius 3 is 2.23 bits per heavy atom. The minimum atomic E-state index is -1.16. The summed E-state index contributed by atoms with van der Waals surface area (Å²) >= 11 is 0. The van der Waals surface area contributed by atoms with E-state index in [-0.39, 0.29) is 0 Å². The molecular formula is C24H21N3O3. The first-order valence-electron chi connectivity index (χ1n) is 9.56. The third-order valence-corrected chi connectivity index (χ3v) is 5.02. The third-order valence-electron chi connectivity index (χ3n) is 5.02. The molecule has 1 amide bonds. The van der Waals surface area contributed by atoms with Crippen molar-refractivity contribution in [3.63, 3.8) is 0 Å². The van der Waals surface area contributed by atoms with Crippen LogP contribution in [-0.2, 0) is 14.3 Å². The number of hydrogen-bond acceptors (Lipinski definition) is 5. The number of amides is 1. The van der Waals surface area contributed by atoms with Crippen LogP contribution >= 0.6 is 0 Å². The average molecular weight is 399 g/mol. The lowest BCUT2D eigenvalue weighted by atomic mass is 9.98. The number of aliphatic imine (C=N–C) groups is 1. The van der Waals surface area contributed by atoms with Crippen molar-refractivity contribution in [1.29, 1.82) is 0 Å². The van der Waals surface area contributed by atoms with Crippen molar-refractivity contribution in [2.24, 2.45) is 10.7 Å². The van der Waals surface area contributed by atoms with E-state index in [9.17, 15) is 9.59 Å². The van der Waals surface area contributed by atoms with Crippen LogP contribution in [0.1, 0.15) is 22.7 Å². The number of carbonyl (C=O) groups is 2. The largest absolute Gasteiger partial charge is 0.467 e. The van der Waals surface area contributed by atoms with Crippen LogP contribution in [-0.4, -0.2) is 30.9 Å². The Balaban J connectivity index is 1.94. The topological polar surface area (TPSA) is 85.0 Å². The van der Waals surface area contributed by atoms with Gasteiger partial charge in [-0.2, -0.15) is 0 Å². The van der Waals surface area contributed by atoms with Crippen LogP contribution < -0.4 is 10.6 Å². The van der Waals surface area contributed by atoms with E-state index in [2.05, 4.69) is 4.99 Å². The summed E-state index contributed by atoms with van der Waals surface area (Å²) < 4.78 is 5.06. The molecule has 1 heterocycles. The summed E-state index contributed by atoms with van der Waals surface area (Å²) in [4.78, 5) is 32.2. The number of fused-ring (bicyclic) bond motifs is 1. The highest BCUT2D eigenvalue weighted by molar-refractivity contribution is 6.20. The molecule has 6 heteroatoms. The highest BCUT2D eigenvalue weighted by Gasteiger charge is 2.39. The zero-order chi connectivity index (χ0) is 21.1. The fraction of sp³-hybridized carbons (Fsp3) is 0.125. The Bertz CT molecular complexity index is 1100. The highest BCUT2D eigenvalue weighted by Crippen LogP contribution is 2.35. The Morgan fingerprint density at radius 2 is 1.57 bits per heavy atom. The van der Waals surface area contributed by atoms with Gasteiger partial charge in [-0.05, 0) is 11.6 Å². The number of nitrogens with two attached hydrogens (primary N) is 1. The normalized spacial score (nSPS) is 16.9. The fourth-order valence-electron chi connectivity index (χ4n) is 3.64. The molecule has 0 spiro atoms. The van der Waals surface area contributed by atoms with Crippen LogP contribution in [0.15, 0.2) is 89.9 Å². The molecule has 3 aromatic carbocycles. The molecule has 150 valence electrons. The molecule has 2 N–H and O–H groups in total. The number of ether oxygens (including phenoxy) is 1. The second kappa shape index (κ2) is 8.31. The molecule has 4 rings (SSSR count). The van der Waals surface area contributed by atoms with Gasteiger partial charge in [0.2, 0.25) is 0 Å². The monoisotopic (exact) mass is 399 g/mol. The smallest absolute Gasteiger partial charge is 0.333 e. The molecule has 0 saturated heterocycles. The molecule has 2 atom stereocenters. The van der Waals surface area contributed by atoms with Gasteiger partial charge in [0, 0.05) is 11.1 Å². The number of anilines is 1. The highest BCUT2D eigenvalue weighted by atomic mass is 16.5. The van der Waals surface area contributed by atoms with E-state index in [0.29, 0.717) is 17.0 Å². The number of benzene rings is 3. The summed E-state index contributed by atoms with van der Waals surface area (Å²) in [6.45, 7) is 0. The van der Waals surface area contributed by atoms with Gasteiger partial charge >= 0.3 is 5.97 Å². The molecule has 0 saturated carbocycles. The zero-order valence-corrected chi connectivity index (χ0v) is 16.4. The lowest BCUT2D eigenvalue weighted by molar-refractivity contribution is -0.143. The maximum absolute atomic E-state index is 13.4. The molecule has 0 aliphatic carbocycles. The van der Waals surface area contributed by atoms with Gasteiger partial charge in [-0.1, -0.05) is 78.9 Å². The Morgan fingerprint density at radius 1 is 0.967 bits per heavy atom. The molecule has 0 radical (unpaired) electrons. The molecule has 0 fully saturated rings. The summed E-state index contributed by atoms with van der Waals surface area (Å²) in [6, 6.07) is 24.9. The molecule has 1 aliphatic heterocycles. The molecule has 0 aromatic heterocycles. The lowest BCUT2D eigenvalue weighted by Crippen LogP contribution is -2.47. The molecule has 2 unspecified atom stereocenters. The average Bonchev–Trinajstić information content (AvgIpc) is 2.91. The van der Waals surface area contributed by atoms with Gasteiger partial charge in [0.25, 0.3) is 5.91 Å². The first kappa shape index (κ1) is 19.5. The second-order valence-electron chi connectivity index (χ2n) is 6.85. The predicted molar refractivity (Wildman–Crippen MR) is 115 cm³/mol. The van der Waals surface area contributed by atoms with Crippen LogP contribution in [0, 0.1) is 0 Å². The Labute approximate surface area is 174 Å². The number of carbonyl (C=O) groups excluding carboxylic acids is 2. The van der Waals surface area contributed by atoms with E-state index in [1.165, 1.54) is 12.0 Å². The van der Waals surface area contributed by atoms with Crippen LogP contribution in [0.4, 0.5) is 5.69 Å². The maximum atomic E-state index is 13.4. The van der Waals surface area contributed by atoms with Crippen molar-refractivity contribution in [3.8, 4) is 0 Å². The molecule has 1 aliphatic rings. The number of methoxy groups -OCH3 is 1. The van der Waals surface area contributed by atoms with E-state index in [1.54, 1.807) is 18.2 Å². The van der Waals surface area contributed by atoms with Crippen molar-refractivity contribution in [2.75, 3.05) is 12.0 Å². The summed E-state index contributed by atoms with van der Waals surface area (Å²) in [5, 5.41) is 0. The number of esters is 1. The van der Waals surface area contributed by atoms with Crippen molar-refractivity contribution in [3.05, 3.63) is 102 Å². The molecule has 3 aromatic rings. The fourth-order valence-corrected chi connectivity index (χ4v) is 3.64. The van der Waals surface area contributed by atoms with E-state index >= 15 is 0 Å². The summed E-state index contributed by atoms with van der Waals surface area (Å²) in [5.41, 5.74) is 9.54. The first-order valence-corrected chi connectivity index (χ1v) is 9.56. The third kappa shape index (κ3) is 3.49. The minimum absolute atomic E-state index is 0.479. The summed E-state index contributed by atoms with van der Waals surface area (Å²) in [7, 11) is 1.30. The van der Waals surface area contributed by atoms with Crippen molar-refractivity contribution >= 4 is 23.3 Å². The van der Waals surface area contributed by atoms with Gasteiger partial charge < -0.3 is 10.5 Å². The minimum Gasteiger partial charge on any atom is -0.467 e. The number of benzodiazepines with no additional fused rings is 1. The predicted octanol–water partition coefficient (Wildman–Crippen LogP) is 3.07. The number of rotatable bonds is 4. The SMILES string of the molecule is COC(=O)C(c1ccccc1)N1C(=O)C(N)N=C(c2ccccc2)c2ccccc21. The summed E-state index contributed by atoms with van der Waals surface area (Å²) in [6.07, 6.45) is -1.16. The Kier molecular flexibility index (Phi) is 5.41. The zero-order valence-electron chi connectivity index (χ0n) is 16.4. The van der Waals surface area contributed by atoms with Gasteiger partial charge in [-0.3, -0.25) is 14.7 Å². The molecule has 30 heavy (non-hydrogen) atoms. The van der Waals surface area contributed by atoms with E-state index in [0.717, 1.165) is 11.1 Å². The quantitative estimate of drug-likeness (QED) is 0.684. The number of para-hydroxylation sites is 1. The van der Waals surface area contributed by atoms with Gasteiger partial charge in [0.1, 0.15) is 0 Å². The van der Waals surface area contributed by atoms with Gasteiger partial charge in [0.15, 0.2) is 12.2 Å². The van der Waals surface area contributed by atoms with E-state index < -0.39 is 24.1 Å².